The SMILES string of the molecule is COc1cccc([C@@]2(CN)Oc3ccc(Cl)c(-c4c(CN=O)ccc(OC(F)F)c4F)c3[C@@H]2O)n1. The molecule has 4 rings (SSSR count). The Labute approximate surface area is 202 Å². The third kappa shape index (κ3) is 4.15. The van der Waals surface area contributed by atoms with Crippen LogP contribution in [0.4, 0.5) is 13.2 Å². The first kappa shape index (κ1) is 24.7. The van der Waals surface area contributed by atoms with E-state index in [9.17, 15) is 18.8 Å². The minimum Gasteiger partial charge on any atom is -0.481 e. The van der Waals surface area contributed by atoms with E-state index in [4.69, 9.17) is 26.8 Å². The number of nitrogens with two attached hydrogens (primary N) is 1. The standard InChI is InChI=1S/C23H19ClF3N3O5/c1-33-16-4-2-3-15(30-16)23(10-28)21(31)19-13(35-23)8-6-12(24)18(19)17-11(9-29-32)5-7-14(20(17)25)34-22(26)27/h2-8,21-22,31H,9-10,28H2,1H3/t21-,23+/m0/s1. The molecule has 1 aromatic heterocycles. The van der Waals surface area contributed by atoms with Crippen molar-refractivity contribution in [2.45, 2.75) is 24.9 Å². The van der Waals surface area contributed by atoms with Gasteiger partial charge in [0.1, 0.15) is 18.4 Å². The maximum absolute atomic E-state index is 15.5. The largest absolute Gasteiger partial charge is 0.481 e. The van der Waals surface area contributed by atoms with Gasteiger partial charge in [-0.1, -0.05) is 28.9 Å². The van der Waals surface area contributed by atoms with Crippen LogP contribution in [0.1, 0.15) is 22.9 Å². The fourth-order valence-corrected chi connectivity index (χ4v) is 4.40. The molecule has 2 aromatic carbocycles. The molecule has 8 nitrogen and oxygen atoms in total. The highest BCUT2D eigenvalue weighted by molar-refractivity contribution is 6.33. The molecule has 0 radical (unpaired) electrons. The summed E-state index contributed by atoms with van der Waals surface area (Å²) in [6.07, 6.45) is -1.52. The van der Waals surface area contributed by atoms with Gasteiger partial charge in [0, 0.05) is 34.3 Å². The normalized spacial score (nSPS) is 18.8. The Bertz CT molecular complexity index is 1280. The smallest absolute Gasteiger partial charge is 0.387 e. The lowest BCUT2D eigenvalue weighted by Crippen LogP contribution is -2.43. The van der Waals surface area contributed by atoms with E-state index in [1.165, 1.54) is 25.3 Å². The second kappa shape index (κ2) is 9.68. The van der Waals surface area contributed by atoms with Gasteiger partial charge in [0.15, 0.2) is 17.2 Å². The van der Waals surface area contributed by atoms with Crippen molar-refractivity contribution >= 4 is 11.6 Å². The number of alkyl halides is 2. The van der Waals surface area contributed by atoms with Crippen LogP contribution in [0.25, 0.3) is 11.1 Å². The highest BCUT2D eigenvalue weighted by Gasteiger charge is 2.51. The molecule has 3 aromatic rings. The average molecular weight is 510 g/mol. The number of benzene rings is 2. The molecule has 0 fully saturated rings. The molecule has 12 heteroatoms. The third-order valence-electron chi connectivity index (χ3n) is 5.73. The Balaban J connectivity index is 1.96. The number of ether oxygens (including phenoxy) is 3. The lowest BCUT2D eigenvalue weighted by molar-refractivity contribution is -0.0521. The first-order valence-corrected chi connectivity index (χ1v) is 10.6. The van der Waals surface area contributed by atoms with E-state index >= 15 is 4.39 Å². The number of fused-ring (bicyclic) bond motifs is 1. The number of aromatic nitrogens is 1. The van der Waals surface area contributed by atoms with E-state index < -0.39 is 36.4 Å². The van der Waals surface area contributed by atoms with Crippen LogP contribution in [-0.4, -0.2) is 30.4 Å². The van der Waals surface area contributed by atoms with Crippen molar-refractivity contribution in [2.24, 2.45) is 10.9 Å². The second-order valence-electron chi connectivity index (χ2n) is 7.58. The highest BCUT2D eigenvalue weighted by Crippen LogP contribution is 2.54. The summed E-state index contributed by atoms with van der Waals surface area (Å²) in [4.78, 5) is 15.4. The molecule has 0 aliphatic carbocycles. The Morgan fingerprint density at radius 2 is 2.03 bits per heavy atom. The molecular weight excluding hydrogens is 491 g/mol. The van der Waals surface area contributed by atoms with Gasteiger partial charge in [-0.05, 0) is 29.8 Å². The summed E-state index contributed by atoms with van der Waals surface area (Å²) >= 11 is 6.44. The number of aliphatic hydroxyl groups excluding tert-OH is 1. The predicted molar refractivity (Wildman–Crippen MR) is 120 cm³/mol. The van der Waals surface area contributed by atoms with Crippen LogP contribution in [0, 0.1) is 10.7 Å². The number of aliphatic hydroxyl groups is 1. The summed E-state index contributed by atoms with van der Waals surface area (Å²) in [5.41, 5.74) is 4.33. The molecule has 2 atom stereocenters. The van der Waals surface area contributed by atoms with E-state index in [0.717, 1.165) is 6.07 Å². The molecule has 1 aliphatic rings. The lowest BCUT2D eigenvalue weighted by Gasteiger charge is -2.30. The van der Waals surface area contributed by atoms with Gasteiger partial charge < -0.3 is 25.1 Å². The van der Waals surface area contributed by atoms with Crippen LogP contribution in [0.5, 0.6) is 17.4 Å². The van der Waals surface area contributed by atoms with E-state index in [1.807, 2.05) is 0 Å². The number of methoxy groups -OCH3 is 1. The molecular formula is C23H19ClF3N3O5. The molecule has 0 unspecified atom stereocenters. The van der Waals surface area contributed by atoms with Crippen LogP contribution >= 0.6 is 11.6 Å². The molecule has 0 bridgehead atoms. The van der Waals surface area contributed by atoms with Crippen molar-refractivity contribution in [1.29, 1.82) is 0 Å². The molecule has 35 heavy (non-hydrogen) atoms. The Hall–Kier alpha value is -3.41. The predicted octanol–water partition coefficient (Wildman–Crippen LogP) is 4.70. The number of nitrogens with zero attached hydrogens (tertiary/aromatic N) is 2. The zero-order chi connectivity index (χ0) is 25.3. The van der Waals surface area contributed by atoms with Crippen molar-refractivity contribution in [3.63, 3.8) is 0 Å². The summed E-state index contributed by atoms with van der Waals surface area (Å²) in [7, 11) is 1.42. The van der Waals surface area contributed by atoms with E-state index in [1.54, 1.807) is 18.2 Å². The molecule has 0 spiro atoms. The number of rotatable bonds is 8. The van der Waals surface area contributed by atoms with Crippen LogP contribution in [0.15, 0.2) is 47.6 Å². The number of hydrogen-bond acceptors (Lipinski definition) is 8. The van der Waals surface area contributed by atoms with E-state index in [0.29, 0.717) is 0 Å². The fraction of sp³-hybridized carbons (Fsp3) is 0.261. The third-order valence-corrected chi connectivity index (χ3v) is 6.04. The molecule has 1 aliphatic heterocycles. The summed E-state index contributed by atoms with van der Waals surface area (Å²) < 4.78 is 56.8. The van der Waals surface area contributed by atoms with Crippen molar-refractivity contribution in [3.05, 3.63) is 75.0 Å². The molecule has 0 saturated carbocycles. The van der Waals surface area contributed by atoms with Gasteiger partial charge in [-0.15, -0.1) is 0 Å². The first-order chi connectivity index (χ1) is 16.8. The van der Waals surface area contributed by atoms with Crippen LogP contribution in [0.3, 0.4) is 0 Å². The number of pyridine rings is 1. The topological polar surface area (TPSA) is 116 Å². The summed E-state index contributed by atoms with van der Waals surface area (Å²) in [5.74, 6) is -1.64. The molecule has 184 valence electrons. The summed E-state index contributed by atoms with van der Waals surface area (Å²) in [6, 6.07) is 9.81. The van der Waals surface area contributed by atoms with E-state index in [2.05, 4.69) is 14.9 Å². The minimum absolute atomic E-state index is 0.0337. The van der Waals surface area contributed by atoms with Crippen molar-refractivity contribution in [3.8, 4) is 28.5 Å². The quantitative estimate of drug-likeness (QED) is 0.423. The number of halogens is 4. The fourth-order valence-electron chi connectivity index (χ4n) is 4.14. The highest BCUT2D eigenvalue weighted by atomic mass is 35.5. The van der Waals surface area contributed by atoms with Gasteiger partial charge >= 0.3 is 6.61 Å². The van der Waals surface area contributed by atoms with Crippen molar-refractivity contribution < 1.29 is 32.5 Å². The van der Waals surface area contributed by atoms with E-state index in [-0.39, 0.29) is 51.1 Å². The van der Waals surface area contributed by atoms with Crippen LogP contribution < -0.4 is 19.9 Å². The zero-order valence-electron chi connectivity index (χ0n) is 18.2. The number of nitroso groups, excluding NO2 is 1. The zero-order valence-corrected chi connectivity index (χ0v) is 18.9. The lowest BCUT2D eigenvalue weighted by atomic mass is 9.85. The number of hydrogen-bond donors (Lipinski definition) is 2. The van der Waals surface area contributed by atoms with Crippen molar-refractivity contribution in [2.75, 3.05) is 13.7 Å². The molecule has 0 amide bonds. The van der Waals surface area contributed by atoms with Gasteiger partial charge in [0.2, 0.25) is 5.88 Å². The average Bonchev–Trinajstić information content (AvgIpc) is 3.14. The van der Waals surface area contributed by atoms with Gasteiger partial charge in [0.05, 0.1) is 12.8 Å². The maximum Gasteiger partial charge on any atom is 0.387 e. The van der Waals surface area contributed by atoms with Crippen molar-refractivity contribution in [1.82, 2.24) is 4.98 Å². The molecule has 2 heterocycles. The summed E-state index contributed by atoms with van der Waals surface area (Å²) in [6.45, 7) is -4.06. The summed E-state index contributed by atoms with van der Waals surface area (Å²) in [5, 5.41) is 14.2. The maximum atomic E-state index is 15.5. The van der Waals surface area contributed by atoms with Gasteiger partial charge in [-0.2, -0.15) is 13.7 Å². The Kier molecular flexibility index (Phi) is 6.84. The Morgan fingerprint density at radius 1 is 1.26 bits per heavy atom. The minimum atomic E-state index is -3.30. The second-order valence-corrected chi connectivity index (χ2v) is 7.98. The van der Waals surface area contributed by atoms with Gasteiger partial charge in [0.25, 0.3) is 0 Å². The molecule has 0 saturated heterocycles. The van der Waals surface area contributed by atoms with Crippen LogP contribution in [-0.2, 0) is 12.1 Å². The monoisotopic (exact) mass is 509 g/mol. The first-order valence-electron chi connectivity index (χ1n) is 10.2. The molecule has 3 N–H and O–H groups in total. The Morgan fingerprint density at radius 3 is 2.69 bits per heavy atom. The van der Waals surface area contributed by atoms with Crippen LogP contribution in [0.2, 0.25) is 5.02 Å². The van der Waals surface area contributed by atoms with Gasteiger partial charge in [-0.25, -0.2) is 9.37 Å². The van der Waals surface area contributed by atoms with Gasteiger partial charge in [-0.3, -0.25) is 0 Å².